The topological polar surface area (TPSA) is 40.9 Å². The molecule has 0 N–H and O–H groups in total. The minimum absolute atomic E-state index is 0.200. The Balaban J connectivity index is 2.89. The lowest BCUT2D eigenvalue weighted by molar-refractivity contribution is -0.108. The van der Waals surface area contributed by atoms with Crippen molar-refractivity contribution in [2.24, 2.45) is 0 Å². The van der Waals surface area contributed by atoms with Crippen LogP contribution in [0.1, 0.15) is 30.4 Å². The fourth-order valence-electron chi connectivity index (χ4n) is 1.20. The Morgan fingerprint density at radius 3 is 3.00 bits per heavy atom. The van der Waals surface area contributed by atoms with Gasteiger partial charge >= 0.3 is 0 Å². The molecule has 1 unspecified atom stereocenters. The van der Waals surface area contributed by atoms with Gasteiger partial charge in [-0.15, -0.1) is 0 Å². The highest BCUT2D eigenvalue weighted by atomic mass is 16.1. The van der Waals surface area contributed by atoms with Gasteiger partial charge in [0.25, 0.3) is 0 Å². The molecule has 0 fully saturated rings. The molecule has 0 spiro atoms. The first-order valence-electron chi connectivity index (χ1n) is 4.21. The fourth-order valence-corrected chi connectivity index (χ4v) is 1.20. The number of carbonyl (C=O) groups excluding carboxylic acids is 1. The second kappa shape index (κ2) is 4.42. The van der Waals surface area contributed by atoms with Crippen molar-refractivity contribution in [1.29, 1.82) is 5.26 Å². The first-order valence-corrected chi connectivity index (χ1v) is 4.21. The minimum atomic E-state index is 0.200. The second-order valence-electron chi connectivity index (χ2n) is 3.04. The van der Waals surface area contributed by atoms with Crippen LogP contribution in [0, 0.1) is 11.3 Å². The summed E-state index contributed by atoms with van der Waals surface area (Å²) in [4.78, 5) is 10.3. The van der Waals surface area contributed by atoms with E-state index in [-0.39, 0.29) is 5.92 Å². The van der Waals surface area contributed by atoms with Gasteiger partial charge in [-0.2, -0.15) is 5.26 Å². The van der Waals surface area contributed by atoms with Gasteiger partial charge in [0.15, 0.2) is 0 Å². The Kier molecular flexibility index (Phi) is 3.22. The zero-order valence-corrected chi connectivity index (χ0v) is 7.53. The lowest BCUT2D eigenvalue weighted by atomic mass is 9.97. The molecular weight excluding hydrogens is 162 g/mol. The molecule has 66 valence electrons. The van der Waals surface area contributed by atoms with Crippen LogP contribution in [0.4, 0.5) is 0 Å². The third kappa shape index (κ3) is 2.41. The minimum Gasteiger partial charge on any atom is -0.303 e. The molecule has 1 rings (SSSR count). The summed E-state index contributed by atoms with van der Waals surface area (Å²) in [6.45, 7) is 1.98. The highest BCUT2D eigenvalue weighted by molar-refractivity contribution is 5.51. The lowest BCUT2D eigenvalue weighted by Crippen LogP contribution is -1.94. The Morgan fingerprint density at radius 1 is 1.62 bits per heavy atom. The Hall–Kier alpha value is -1.62. The highest BCUT2D eigenvalue weighted by Gasteiger charge is 2.04. The van der Waals surface area contributed by atoms with Crippen molar-refractivity contribution in [2.45, 2.75) is 19.3 Å². The third-order valence-corrected chi connectivity index (χ3v) is 2.03. The molecule has 1 aromatic carbocycles. The van der Waals surface area contributed by atoms with Crippen molar-refractivity contribution < 1.29 is 4.79 Å². The monoisotopic (exact) mass is 173 g/mol. The molecule has 0 aliphatic heterocycles. The second-order valence-corrected chi connectivity index (χ2v) is 3.04. The van der Waals surface area contributed by atoms with Gasteiger partial charge in [0.2, 0.25) is 0 Å². The number of carbonyl (C=O) groups is 1. The predicted molar refractivity (Wildman–Crippen MR) is 50.3 cm³/mol. The summed E-state index contributed by atoms with van der Waals surface area (Å²) in [5.74, 6) is 0.200. The largest absolute Gasteiger partial charge is 0.303 e. The van der Waals surface area contributed by atoms with Crippen molar-refractivity contribution in [2.75, 3.05) is 0 Å². The van der Waals surface area contributed by atoms with Crippen molar-refractivity contribution in [3.63, 3.8) is 0 Å². The summed E-state index contributed by atoms with van der Waals surface area (Å²) in [7, 11) is 0. The van der Waals surface area contributed by atoms with E-state index in [9.17, 15) is 4.79 Å². The third-order valence-electron chi connectivity index (χ3n) is 2.03. The van der Waals surface area contributed by atoms with E-state index in [2.05, 4.69) is 6.07 Å². The maximum absolute atomic E-state index is 10.3. The summed E-state index contributed by atoms with van der Waals surface area (Å²) in [5, 5.41) is 8.65. The van der Waals surface area contributed by atoms with Crippen LogP contribution >= 0.6 is 0 Å². The van der Waals surface area contributed by atoms with Crippen molar-refractivity contribution in [3.8, 4) is 6.07 Å². The van der Waals surface area contributed by atoms with E-state index in [0.717, 1.165) is 11.8 Å². The number of benzene rings is 1. The maximum Gasteiger partial charge on any atom is 0.120 e. The summed E-state index contributed by atoms with van der Waals surface area (Å²) in [6, 6.07) is 9.45. The Labute approximate surface area is 77.8 Å². The van der Waals surface area contributed by atoms with Crippen LogP contribution in [0.3, 0.4) is 0 Å². The summed E-state index contributed by atoms with van der Waals surface area (Å²) in [6.07, 6.45) is 1.42. The predicted octanol–water partition coefficient (Wildman–Crippen LogP) is 2.25. The highest BCUT2D eigenvalue weighted by Crippen LogP contribution is 2.18. The molecule has 0 saturated carbocycles. The molecule has 0 aliphatic rings. The molecule has 0 aromatic heterocycles. The van der Waals surface area contributed by atoms with E-state index >= 15 is 0 Å². The summed E-state index contributed by atoms with van der Waals surface area (Å²) < 4.78 is 0. The van der Waals surface area contributed by atoms with E-state index in [1.165, 1.54) is 0 Å². The average Bonchev–Trinajstić information content (AvgIpc) is 2.18. The van der Waals surface area contributed by atoms with Crippen molar-refractivity contribution in [1.82, 2.24) is 0 Å². The Bertz CT molecular complexity index is 338. The number of rotatable bonds is 3. The van der Waals surface area contributed by atoms with E-state index in [0.29, 0.717) is 12.0 Å². The Morgan fingerprint density at radius 2 is 2.38 bits per heavy atom. The van der Waals surface area contributed by atoms with Gasteiger partial charge < -0.3 is 4.79 Å². The molecule has 13 heavy (non-hydrogen) atoms. The first kappa shape index (κ1) is 9.47. The fraction of sp³-hybridized carbons (Fsp3) is 0.273. The van der Waals surface area contributed by atoms with Gasteiger partial charge in [0, 0.05) is 6.42 Å². The molecule has 0 radical (unpaired) electrons. The van der Waals surface area contributed by atoms with Gasteiger partial charge in [0.05, 0.1) is 11.6 Å². The van der Waals surface area contributed by atoms with Gasteiger partial charge in [-0.05, 0) is 23.6 Å². The molecule has 0 aliphatic carbocycles. The SMILES string of the molecule is CC(CC=O)c1cccc(C#N)c1. The van der Waals surface area contributed by atoms with E-state index in [1.54, 1.807) is 6.07 Å². The van der Waals surface area contributed by atoms with Crippen LogP contribution in [-0.4, -0.2) is 6.29 Å². The number of nitrogens with zero attached hydrogens (tertiary/aromatic N) is 1. The zero-order valence-electron chi connectivity index (χ0n) is 7.53. The molecule has 0 bridgehead atoms. The molecule has 2 heteroatoms. The number of hydrogen-bond acceptors (Lipinski definition) is 2. The summed E-state index contributed by atoms with van der Waals surface area (Å²) >= 11 is 0. The number of hydrogen-bond donors (Lipinski definition) is 0. The van der Waals surface area contributed by atoms with Gasteiger partial charge in [-0.1, -0.05) is 19.1 Å². The smallest absolute Gasteiger partial charge is 0.120 e. The van der Waals surface area contributed by atoms with Crippen LogP contribution in [0.25, 0.3) is 0 Å². The molecule has 0 saturated heterocycles. The standard InChI is InChI=1S/C11H11NO/c1-9(5-6-13)11-4-2-3-10(7-11)8-12/h2-4,6-7,9H,5H2,1H3. The maximum atomic E-state index is 10.3. The molecular formula is C11H11NO. The number of aldehydes is 1. The van der Waals surface area contributed by atoms with E-state index in [4.69, 9.17) is 5.26 Å². The molecule has 1 aromatic rings. The van der Waals surface area contributed by atoms with Crippen molar-refractivity contribution in [3.05, 3.63) is 35.4 Å². The molecule has 0 heterocycles. The van der Waals surface area contributed by atoms with Crippen LogP contribution < -0.4 is 0 Å². The van der Waals surface area contributed by atoms with Crippen LogP contribution in [0.5, 0.6) is 0 Å². The lowest BCUT2D eigenvalue weighted by Gasteiger charge is -2.07. The van der Waals surface area contributed by atoms with Gasteiger partial charge in [0.1, 0.15) is 6.29 Å². The normalized spacial score (nSPS) is 11.7. The van der Waals surface area contributed by atoms with Crippen molar-refractivity contribution >= 4 is 6.29 Å². The van der Waals surface area contributed by atoms with Gasteiger partial charge in [-0.25, -0.2) is 0 Å². The van der Waals surface area contributed by atoms with Crippen LogP contribution in [0.15, 0.2) is 24.3 Å². The van der Waals surface area contributed by atoms with Gasteiger partial charge in [-0.3, -0.25) is 0 Å². The first-order chi connectivity index (χ1) is 6.27. The van der Waals surface area contributed by atoms with E-state index < -0.39 is 0 Å². The van der Waals surface area contributed by atoms with Crippen LogP contribution in [-0.2, 0) is 4.79 Å². The molecule has 2 nitrogen and oxygen atoms in total. The van der Waals surface area contributed by atoms with Crippen LogP contribution in [0.2, 0.25) is 0 Å². The molecule has 0 amide bonds. The molecule has 1 atom stereocenters. The quantitative estimate of drug-likeness (QED) is 0.658. The number of nitriles is 1. The summed E-state index contributed by atoms with van der Waals surface area (Å²) in [5.41, 5.74) is 1.70. The van der Waals surface area contributed by atoms with E-state index in [1.807, 2.05) is 25.1 Å². The zero-order chi connectivity index (χ0) is 9.68. The average molecular weight is 173 g/mol.